The van der Waals surface area contributed by atoms with Gasteiger partial charge < -0.3 is 11.5 Å². The molecule has 3 heteroatoms. The highest BCUT2D eigenvalue weighted by molar-refractivity contribution is 5.60. The van der Waals surface area contributed by atoms with Crippen LogP contribution in [0.1, 0.15) is 50.7 Å². The van der Waals surface area contributed by atoms with Crippen molar-refractivity contribution in [2.45, 2.75) is 64.5 Å². The minimum Gasteiger partial charge on any atom is -0.327 e. The fourth-order valence-corrected chi connectivity index (χ4v) is 3.46. The van der Waals surface area contributed by atoms with Crippen LogP contribution >= 0.6 is 0 Å². The fourth-order valence-electron chi connectivity index (χ4n) is 3.46. The van der Waals surface area contributed by atoms with E-state index in [0.29, 0.717) is 18.4 Å². The number of benzene rings is 2. The van der Waals surface area contributed by atoms with Crippen molar-refractivity contribution >= 4 is 6.21 Å². The van der Waals surface area contributed by atoms with Gasteiger partial charge in [0.15, 0.2) is 0 Å². The average molecular weight is 394 g/mol. The van der Waals surface area contributed by atoms with E-state index >= 15 is 0 Å². The van der Waals surface area contributed by atoms with Crippen LogP contribution in [0.25, 0.3) is 0 Å². The third-order valence-electron chi connectivity index (χ3n) is 5.68. The molecule has 3 nitrogen and oxygen atoms in total. The SMILES string of the molecule is CC(C)C(N)CC[C@H](N)CN=CC(CCc1ccccc1)CCc1ccccc1. The summed E-state index contributed by atoms with van der Waals surface area (Å²) in [7, 11) is 0. The summed E-state index contributed by atoms with van der Waals surface area (Å²) < 4.78 is 0. The Balaban J connectivity index is 1.84. The van der Waals surface area contributed by atoms with Gasteiger partial charge in [-0.25, -0.2) is 0 Å². The molecule has 2 aromatic rings. The Morgan fingerprint density at radius 3 is 1.76 bits per heavy atom. The van der Waals surface area contributed by atoms with Crippen LogP contribution in [0.15, 0.2) is 65.7 Å². The molecule has 2 atom stereocenters. The van der Waals surface area contributed by atoms with Gasteiger partial charge in [0.05, 0.1) is 6.54 Å². The lowest BCUT2D eigenvalue weighted by Gasteiger charge is -2.17. The van der Waals surface area contributed by atoms with Gasteiger partial charge in [0.1, 0.15) is 0 Å². The van der Waals surface area contributed by atoms with E-state index in [9.17, 15) is 0 Å². The lowest BCUT2D eigenvalue weighted by molar-refractivity contribution is 0.431. The lowest BCUT2D eigenvalue weighted by atomic mass is 9.94. The summed E-state index contributed by atoms with van der Waals surface area (Å²) in [6.07, 6.45) is 8.48. The van der Waals surface area contributed by atoms with E-state index in [0.717, 1.165) is 38.5 Å². The molecule has 158 valence electrons. The summed E-state index contributed by atoms with van der Waals surface area (Å²) in [5, 5.41) is 0. The molecular formula is C26H39N3. The second kappa shape index (κ2) is 13.3. The van der Waals surface area contributed by atoms with Gasteiger partial charge in [-0.05, 0) is 61.5 Å². The molecule has 0 aliphatic carbocycles. The summed E-state index contributed by atoms with van der Waals surface area (Å²) in [5.74, 6) is 0.978. The molecule has 4 N–H and O–H groups in total. The smallest absolute Gasteiger partial charge is 0.0537 e. The van der Waals surface area contributed by atoms with Gasteiger partial charge in [-0.3, -0.25) is 4.99 Å². The van der Waals surface area contributed by atoms with Crippen LogP contribution < -0.4 is 11.5 Å². The molecule has 0 aromatic heterocycles. The highest BCUT2D eigenvalue weighted by atomic mass is 14.8. The van der Waals surface area contributed by atoms with Crippen molar-refractivity contribution in [1.29, 1.82) is 0 Å². The van der Waals surface area contributed by atoms with E-state index in [2.05, 4.69) is 80.7 Å². The van der Waals surface area contributed by atoms with Crippen molar-refractivity contribution in [3.63, 3.8) is 0 Å². The zero-order valence-corrected chi connectivity index (χ0v) is 18.2. The van der Waals surface area contributed by atoms with Gasteiger partial charge in [0.2, 0.25) is 0 Å². The number of hydrogen-bond acceptors (Lipinski definition) is 3. The first-order valence-corrected chi connectivity index (χ1v) is 11.1. The largest absolute Gasteiger partial charge is 0.327 e. The van der Waals surface area contributed by atoms with Crippen LogP contribution in [-0.2, 0) is 12.8 Å². The summed E-state index contributed by atoms with van der Waals surface area (Å²) in [6.45, 7) is 5.02. The van der Waals surface area contributed by atoms with E-state index in [1.165, 1.54) is 11.1 Å². The number of hydrogen-bond donors (Lipinski definition) is 2. The highest BCUT2D eigenvalue weighted by Crippen LogP contribution is 2.16. The first-order valence-electron chi connectivity index (χ1n) is 11.1. The van der Waals surface area contributed by atoms with Crippen molar-refractivity contribution in [3.05, 3.63) is 71.8 Å². The maximum atomic E-state index is 6.27. The van der Waals surface area contributed by atoms with Crippen LogP contribution in [0.3, 0.4) is 0 Å². The first-order chi connectivity index (χ1) is 14.0. The van der Waals surface area contributed by atoms with Crippen LogP contribution in [0.4, 0.5) is 0 Å². The summed E-state index contributed by atoms with van der Waals surface area (Å²) in [5.41, 5.74) is 15.2. The standard InChI is InChI=1S/C26H39N3/c1-21(2)26(28)18-17-25(27)20-29-19-24(15-13-22-9-5-3-6-10-22)16-14-23-11-7-4-8-12-23/h3-12,19,21,24-26H,13-18,20,27-28H2,1-2H3/t25-,26?/m0/s1. The van der Waals surface area contributed by atoms with Gasteiger partial charge in [0, 0.05) is 18.3 Å². The minimum atomic E-state index is 0.0972. The third-order valence-corrected chi connectivity index (χ3v) is 5.68. The van der Waals surface area contributed by atoms with Crippen LogP contribution in [0.2, 0.25) is 0 Å². The predicted octanol–water partition coefficient (Wildman–Crippen LogP) is 5.03. The van der Waals surface area contributed by atoms with Gasteiger partial charge in [-0.2, -0.15) is 0 Å². The van der Waals surface area contributed by atoms with E-state index in [1.807, 2.05) is 0 Å². The van der Waals surface area contributed by atoms with E-state index in [1.54, 1.807) is 0 Å². The molecule has 1 unspecified atom stereocenters. The number of nitrogens with two attached hydrogens (primary N) is 2. The molecule has 0 bridgehead atoms. The lowest BCUT2D eigenvalue weighted by Crippen LogP contribution is -2.31. The number of rotatable bonds is 13. The van der Waals surface area contributed by atoms with E-state index in [4.69, 9.17) is 16.5 Å². The number of aryl methyl sites for hydroxylation is 2. The summed E-state index contributed by atoms with van der Waals surface area (Å²) in [6, 6.07) is 21.8. The molecule has 0 spiro atoms. The quantitative estimate of drug-likeness (QED) is 0.469. The van der Waals surface area contributed by atoms with Crippen molar-refractivity contribution in [1.82, 2.24) is 0 Å². The molecule has 29 heavy (non-hydrogen) atoms. The Hall–Kier alpha value is -1.97. The van der Waals surface area contributed by atoms with Gasteiger partial charge in [-0.1, -0.05) is 74.5 Å². The molecule has 2 aromatic carbocycles. The highest BCUT2D eigenvalue weighted by Gasteiger charge is 2.11. The van der Waals surface area contributed by atoms with Crippen molar-refractivity contribution in [3.8, 4) is 0 Å². The Bertz CT molecular complexity index is 638. The van der Waals surface area contributed by atoms with E-state index < -0.39 is 0 Å². The van der Waals surface area contributed by atoms with Crippen molar-refractivity contribution in [2.75, 3.05) is 6.54 Å². The zero-order chi connectivity index (χ0) is 20.9. The number of aliphatic imine (C=N–C) groups is 1. The molecule has 0 amide bonds. The maximum Gasteiger partial charge on any atom is 0.0537 e. The molecule has 0 saturated heterocycles. The predicted molar refractivity (Wildman–Crippen MR) is 126 cm³/mol. The third kappa shape index (κ3) is 9.87. The Morgan fingerprint density at radius 1 is 0.759 bits per heavy atom. The summed E-state index contributed by atoms with van der Waals surface area (Å²) in [4.78, 5) is 4.73. The van der Waals surface area contributed by atoms with Crippen LogP contribution in [-0.4, -0.2) is 24.8 Å². The monoisotopic (exact) mass is 393 g/mol. The zero-order valence-electron chi connectivity index (χ0n) is 18.2. The summed E-state index contributed by atoms with van der Waals surface area (Å²) >= 11 is 0. The second-order valence-corrected chi connectivity index (χ2v) is 8.57. The topological polar surface area (TPSA) is 64.4 Å². The molecule has 0 aliphatic rings. The molecular weight excluding hydrogens is 354 g/mol. The van der Waals surface area contributed by atoms with Gasteiger partial charge >= 0.3 is 0 Å². The van der Waals surface area contributed by atoms with Crippen molar-refractivity contribution in [2.24, 2.45) is 28.3 Å². The van der Waals surface area contributed by atoms with Crippen LogP contribution in [0.5, 0.6) is 0 Å². The van der Waals surface area contributed by atoms with Crippen molar-refractivity contribution < 1.29 is 0 Å². The minimum absolute atomic E-state index is 0.0972. The molecule has 0 radical (unpaired) electrons. The molecule has 2 rings (SSSR count). The molecule has 0 heterocycles. The second-order valence-electron chi connectivity index (χ2n) is 8.57. The Morgan fingerprint density at radius 2 is 1.28 bits per heavy atom. The Kier molecular flexibility index (Phi) is 10.7. The fraction of sp³-hybridized carbons (Fsp3) is 0.500. The average Bonchev–Trinajstić information content (AvgIpc) is 2.74. The molecule has 0 saturated carbocycles. The maximum absolute atomic E-state index is 6.27. The first kappa shape index (κ1) is 23.3. The van der Waals surface area contributed by atoms with Gasteiger partial charge in [0.25, 0.3) is 0 Å². The normalized spacial score (nSPS) is 14.0. The number of nitrogens with zero attached hydrogens (tertiary/aromatic N) is 1. The van der Waals surface area contributed by atoms with Crippen LogP contribution in [0, 0.1) is 11.8 Å². The van der Waals surface area contributed by atoms with Gasteiger partial charge in [-0.15, -0.1) is 0 Å². The Labute approximate surface area is 177 Å². The molecule has 0 aliphatic heterocycles. The van der Waals surface area contributed by atoms with E-state index in [-0.39, 0.29) is 12.1 Å². The molecule has 0 fully saturated rings.